The standard InChI is InChI=1S/C22H27N3O2/c1-27-19-7-3-2-6-18(19)22(11-12-22)21(26)24-16-17-9-14-25(15-10-17)20-8-4-5-13-23-20/h2-8,13,17H,9-12,14-16H2,1H3,(H,24,26). The van der Waals surface area contributed by atoms with Crippen molar-refractivity contribution >= 4 is 11.7 Å². The molecule has 1 aliphatic heterocycles. The Kier molecular flexibility index (Phi) is 5.01. The van der Waals surface area contributed by atoms with Gasteiger partial charge in [-0.05, 0) is 49.8 Å². The minimum absolute atomic E-state index is 0.152. The number of aromatic nitrogens is 1. The van der Waals surface area contributed by atoms with Crippen LogP contribution in [0.2, 0.25) is 0 Å². The number of nitrogens with zero attached hydrogens (tertiary/aromatic N) is 2. The molecule has 1 saturated carbocycles. The summed E-state index contributed by atoms with van der Waals surface area (Å²) in [6.07, 6.45) is 5.81. The number of para-hydroxylation sites is 1. The van der Waals surface area contributed by atoms with Gasteiger partial charge in [-0.25, -0.2) is 4.98 Å². The smallest absolute Gasteiger partial charge is 0.230 e. The zero-order chi connectivity index (χ0) is 18.7. The monoisotopic (exact) mass is 365 g/mol. The number of methoxy groups -OCH3 is 1. The van der Waals surface area contributed by atoms with E-state index in [0.717, 1.165) is 62.4 Å². The van der Waals surface area contributed by atoms with Crippen molar-refractivity contribution in [3.05, 3.63) is 54.2 Å². The van der Waals surface area contributed by atoms with Crippen LogP contribution in [0.5, 0.6) is 5.75 Å². The van der Waals surface area contributed by atoms with Crippen molar-refractivity contribution in [1.29, 1.82) is 0 Å². The molecule has 2 heterocycles. The number of hydrogen-bond donors (Lipinski definition) is 1. The van der Waals surface area contributed by atoms with Crippen LogP contribution in [-0.4, -0.2) is 37.6 Å². The summed E-state index contributed by atoms with van der Waals surface area (Å²) in [6, 6.07) is 13.9. The molecule has 4 rings (SSSR count). The number of carbonyl (C=O) groups excluding carboxylic acids is 1. The van der Waals surface area contributed by atoms with Crippen LogP contribution in [0.3, 0.4) is 0 Å². The summed E-state index contributed by atoms with van der Waals surface area (Å²) in [5.74, 6) is 2.54. The Morgan fingerprint density at radius 2 is 1.93 bits per heavy atom. The fraction of sp³-hybridized carbons (Fsp3) is 0.455. The normalized spacial score (nSPS) is 18.8. The molecule has 1 saturated heterocycles. The maximum atomic E-state index is 12.9. The van der Waals surface area contributed by atoms with Crippen LogP contribution in [-0.2, 0) is 10.2 Å². The van der Waals surface area contributed by atoms with Crippen LogP contribution >= 0.6 is 0 Å². The van der Waals surface area contributed by atoms with E-state index in [4.69, 9.17) is 4.74 Å². The van der Waals surface area contributed by atoms with Crippen molar-refractivity contribution in [3.8, 4) is 5.75 Å². The number of amides is 1. The molecular weight excluding hydrogens is 338 g/mol. The highest BCUT2D eigenvalue weighted by atomic mass is 16.5. The van der Waals surface area contributed by atoms with E-state index in [-0.39, 0.29) is 11.3 Å². The molecule has 5 heteroatoms. The van der Waals surface area contributed by atoms with Crippen molar-refractivity contribution < 1.29 is 9.53 Å². The van der Waals surface area contributed by atoms with Crippen LogP contribution in [0.4, 0.5) is 5.82 Å². The van der Waals surface area contributed by atoms with Gasteiger partial charge in [0.05, 0.1) is 12.5 Å². The molecule has 0 radical (unpaired) electrons. The number of carbonyl (C=O) groups is 1. The molecule has 1 aromatic heterocycles. The number of rotatable bonds is 6. The molecule has 2 aromatic rings. The number of piperidine rings is 1. The molecule has 1 aromatic carbocycles. The Bertz CT molecular complexity index is 781. The predicted octanol–water partition coefficient (Wildman–Crippen LogP) is 3.15. The average molecular weight is 365 g/mol. The third kappa shape index (κ3) is 3.64. The first-order valence-electron chi connectivity index (χ1n) is 9.81. The van der Waals surface area contributed by atoms with Crippen LogP contribution in [0.15, 0.2) is 48.7 Å². The van der Waals surface area contributed by atoms with Gasteiger partial charge in [0.15, 0.2) is 0 Å². The minimum Gasteiger partial charge on any atom is -0.496 e. The molecular formula is C22H27N3O2. The highest BCUT2D eigenvalue weighted by Crippen LogP contribution is 2.51. The lowest BCUT2D eigenvalue weighted by molar-refractivity contribution is -0.123. The lowest BCUT2D eigenvalue weighted by Gasteiger charge is -2.33. The summed E-state index contributed by atoms with van der Waals surface area (Å²) in [5, 5.41) is 3.23. The first-order valence-corrected chi connectivity index (χ1v) is 9.81. The van der Waals surface area contributed by atoms with Crippen LogP contribution in [0, 0.1) is 5.92 Å². The molecule has 2 fully saturated rings. The van der Waals surface area contributed by atoms with Gasteiger partial charge >= 0.3 is 0 Å². The van der Waals surface area contributed by atoms with E-state index in [1.807, 2.05) is 42.6 Å². The van der Waals surface area contributed by atoms with Crippen molar-refractivity contribution in [2.24, 2.45) is 5.92 Å². The van der Waals surface area contributed by atoms with Gasteiger partial charge in [-0.3, -0.25) is 4.79 Å². The predicted molar refractivity (Wildman–Crippen MR) is 106 cm³/mol. The molecule has 1 amide bonds. The van der Waals surface area contributed by atoms with Crippen molar-refractivity contribution in [3.63, 3.8) is 0 Å². The molecule has 1 N–H and O–H groups in total. The largest absolute Gasteiger partial charge is 0.496 e. The molecule has 0 spiro atoms. The summed E-state index contributed by atoms with van der Waals surface area (Å²) >= 11 is 0. The van der Waals surface area contributed by atoms with Gasteiger partial charge in [0.25, 0.3) is 0 Å². The number of ether oxygens (including phenoxy) is 1. The Labute approximate surface area is 160 Å². The molecule has 5 nitrogen and oxygen atoms in total. The van der Waals surface area contributed by atoms with Gasteiger partial charge in [0, 0.05) is 31.4 Å². The summed E-state index contributed by atoms with van der Waals surface area (Å²) in [5.41, 5.74) is 0.635. The second kappa shape index (κ2) is 7.59. The SMILES string of the molecule is COc1ccccc1C1(C(=O)NCC2CCN(c3ccccn3)CC2)CC1. The first kappa shape index (κ1) is 17.8. The second-order valence-electron chi connectivity index (χ2n) is 7.61. The zero-order valence-corrected chi connectivity index (χ0v) is 15.9. The van der Waals surface area contributed by atoms with Gasteiger partial charge in [0.2, 0.25) is 5.91 Å². The van der Waals surface area contributed by atoms with Crippen molar-refractivity contribution in [2.45, 2.75) is 31.1 Å². The van der Waals surface area contributed by atoms with E-state index in [1.54, 1.807) is 7.11 Å². The average Bonchev–Trinajstić information content (AvgIpc) is 3.55. The number of anilines is 1. The molecule has 0 atom stereocenters. The summed E-state index contributed by atoms with van der Waals surface area (Å²) < 4.78 is 5.48. The lowest BCUT2D eigenvalue weighted by Crippen LogP contribution is -2.42. The molecule has 0 bridgehead atoms. The number of pyridine rings is 1. The highest BCUT2D eigenvalue weighted by molar-refractivity contribution is 5.92. The maximum Gasteiger partial charge on any atom is 0.230 e. The third-order valence-electron chi connectivity index (χ3n) is 5.95. The minimum atomic E-state index is -0.388. The van der Waals surface area contributed by atoms with E-state index in [0.29, 0.717) is 5.92 Å². The third-order valence-corrected chi connectivity index (χ3v) is 5.95. The Morgan fingerprint density at radius 1 is 1.19 bits per heavy atom. The Hall–Kier alpha value is -2.56. The molecule has 27 heavy (non-hydrogen) atoms. The maximum absolute atomic E-state index is 12.9. The lowest BCUT2D eigenvalue weighted by atomic mass is 9.92. The Morgan fingerprint density at radius 3 is 2.59 bits per heavy atom. The topological polar surface area (TPSA) is 54.5 Å². The van der Waals surface area contributed by atoms with Gasteiger partial charge in [0.1, 0.15) is 11.6 Å². The molecule has 1 aliphatic carbocycles. The quantitative estimate of drug-likeness (QED) is 0.854. The van der Waals surface area contributed by atoms with E-state index in [2.05, 4.69) is 21.3 Å². The van der Waals surface area contributed by atoms with Gasteiger partial charge in [-0.2, -0.15) is 0 Å². The molecule has 142 valence electrons. The number of benzene rings is 1. The summed E-state index contributed by atoms with van der Waals surface area (Å²) in [6.45, 7) is 2.75. The molecule has 2 aliphatic rings. The summed E-state index contributed by atoms with van der Waals surface area (Å²) in [7, 11) is 1.67. The molecule has 0 unspecified atom stereocenters. The summed E-state index contributed by atoms with van der Waals surface area (Å²) in [4.78, 5) is 19.7. The highest BCUT2D eigenvalue weighted by Gasteiger charge is 2.52. The van der Waals surface area contributed by atoms with Gasteiger partial charge < -0.3 is 15.0 Å². The number of nitrogens with one attached hydrogen (secondary N) is 1. The van der Waals surface area contributed by atoms with Crippen LogP contribution < -0.4 is 15.0 Å². The van der Waals surface area contributed by atoms with Crippen molar-refractivity contribution in [2.75, 3.05) is 31.6 Å². The van der Waals surface area contributed by atoms with E-state index in [1.165, 1.54) is 0 Å². The first-order chi connectivity index (χ1) is 13.2. The van der Waals surface area contributed by atoms with E-state index in [9.17, 15) is 4.79 Å². The van der Waals surface area contributed by atoms with Gasteiger partial charge in [-0.1, -0.05) is 24.3 Å². The number of hydrogen-bond acceptors (Lipinski definition) is 4. The fourth-order valence-corrected chi connectivity index (χ4v) is 4.10. The van der Waals surface area contributed by atoms with E-state index < -0.39 is 0 Å². The van der Waals surface area contributed by atoms with Crippen LogP contribution in [0.25, 0.3) is 0 Å². The fourth-order valence-electron chi connectivity index (χ4n) is 4.10. The van der Waals surface area contributed by atoms with E-state index >= 15 is 0 Å². The van der Waals surface area contributed by atoms with Crippen LogP contribution in [0.1, 0.15) is 31.2 Å². The second-order valence-corrected chi connectivity index (χ2v) is 7.61. The van der Waals surface area contributed by atoms with Gasteiger partial charge in [-0.15, -0.1) is 0 Å². The Balaban J connectivity index is 1.31. The zero-order valence-electron chi connectivity index (χ0n) is 15.9. The van der Waals surface area contributed by atoms with Crippen molar-refractivity contribution in [1.82, 2.24) is 10.3 Å².